The highest BCUT2D eigenvalue weighted by atomic mass is 32.1. The molecule has 0 aromatic carbocycles. The largest absolute Gasteiger partial charge is 0.477 e. The van der Waals surface area contributed by atoms with E-state index in [0.29, 0.717) is 17.2 Å². The van der Waals surface area contributed by atoms with Gasteiger partial charge in [0.2, 0.25) is 0 Å². The third-order valence-corrected chi connectivity index (χ3v) is 4.14. The predicted molar refractivity (Wildman–Crippen MR) is 66.0 cm³/mol. The maximum atomic E-state index is 11.2. The minimum Gasteiger partial charge on any atom is -0.477 e. The van der Waals surface area contributed by atoms with Crippen LogP contribution in [0.5, 0.6) is 0 Å². The SMILES string of the molecule is CC(C)c1nc(C2CCCOC2)sc1C(=O)O. The zero-order chi connectivity index (χ0) is 12.4. The number of aromatic carboxylic acids is 1. The van der Waals surface area contributed by atoms with Crippen molar-refractivity contribution in [2.45, 2.75) is 38.5 Å². The van der Waals surface area contributed by atoms with Gasteiger partial charge in [0.25, 0.3) is 0 Å². The summed E-state index contributed by atoms with van der Waals surface area (Å²) in [5, 5.41) is 10.1. The van der Waals surface area contributed by atoms with E-state index in [-0.39, 0.29) is 11.8 Å². The Morgan fingerprint density at radius 2 is 2.35 bits per heavy atom. The second kappa shape index (κ2) is 5.14. The van der Waals surface area contributed by atoms with Gasteiger partial charge in [-0.1, -0.05) is 13.8 Å². The monoisotopic (exact) mass is 255 g/mol. The third kappa shape index (κ3) is 2.66. The van der Waals surface area contributed by atoms with Crippen LogP contribution in [0.4, 0.5) is 0 Å². The Morgan fingerprint density at radius 3 is 2.82 bits per heavy atom. The third-order valence-electron chi connectivity index (χ3n) is 2.92. The van der Waals surface area contributed by atoms with Crippen molar-refractivity contribution in [3.63, 3.8) is 0 Å². The first-order valence-electron chi connectivity index (χ1n) is 5.91. The second-order valence-electron chi connectivity index (χ2n) is 4.64. The standard InChI is InChI=1S/C12H17NO3S/c1-7(2)9-10(12(14)15)17-11(13-9)8-4-3-5-16-6-8/h7-8H,3-6H2,1-2H3,(H,14,15). The van der Waals surface area contributed by atoms with Crippen LogP contribution < -0.4 is 0 Å². The lowest BCUT2D eigenvalue weighted by Crippen LogP contribution is -2.15. The maximum Gasteiger partial charge on any atom is 0.347 e. The Kier molecular flexibility index (Phi) is 3.79. The molecule has 2 rings (SSSR count). The summed E-state index contributed by atoms with van der Waals surface area (Å²) in [5.74, 6) is -0.441. The van der Waals surface area contributed by atoms with E-state index >= 15 is 0 Å². The van der Waals surface area contributed by atoms with Gasteiger partial charge in [-0.15, -0.1) is 11.3 Å². The molecule has 0 radical (unpaired) electrons. The van der Waals surface area contributed by atoms with Gasteiger partial charge >= 0.3 is 5.97 Å². The van der Waals surface area contributed by atoms with Gasteiger partial charge < -0.3 is 9.84 Å². The van der Waals surface area contributed by atoms with E-state index in [1.165, 1.54) is 11.3 Å². The Morgan fingerprint density at radius 1 is 1.59 bits per heavy atom. The average Bonchev–Trinajstić information content (AvgIpc) is 2.75. The molecule has 5 heteroatoms. The zero-order valence-electron chi connectivity index (χ0n) is 10.1. The van der Waals surface area contributed by atoms with Crippen molar-refractivity contribution in [3.8, 4) is 0 Å². The van der Waals surface area contributed by atoms with E-state index in [0.717, 1.165) is 24.5 Å². The molecule has 1 aromatic rings. The zero-order valence-corrected chi connectivity index (χ0v) is 10.9. The molecule has 1 aliphatic rings. The molecule has 1 fully saturated rings. The van der Waals surface area contributed by atoms with E-state index in [1.807, 2.05) is 13.8 Å². The number of thiazole rings is 1. The Bertz CT molecular complexity index is 408. The molecule has 1 aromatic heterocycles. The van der Waals surface area contributed by atoms with E-state index in [9.17, 15) is 4.79 Å². The number of rotatable bonds is 3. The minimum atomic E-state index is -0.867. The number of nitrogens with zero attached hydrogens (tertiary/aromatic N) is 1. The van der Waals surface area contributed by atoms with Crippen LogP contribution in [0, 0.1) is 0 Å². The molecule has 4 nitrogen and oxygen atoms in total. The Balaban J connectivity index is 2.29. The van der Waals surface area contributed by atoms with Gasteiger partial charge in [-0.3, -0.25) is 0 Å². The summed E-state index contributed by atoms with van der Waals surface area (Å²) in [4.78, 5) is 16.1. The molecular formula is C12H17NO3S. The molecule has 1 unspecified atom stereocenters. The Hall–Kier alpha value is -0.940. The van der Waals surface area contributed by atoms with Crippen LogP contribution in [0.2, 0.25) is 0 Å². The molecule has 0 amide bonds. The minimum absolute atomic E-state index is 0.149. The van der Waals surface area contributed by atoms with Crippen molar-refractivity contribution in [3.05, 3.63) is 15.6 Å². The summed E-state index contributed by atoms with van der Waals surface area (Å²) in [6.45, 7) is 5.43. The number of carbonyl (C=O) groups is 1. The number of ether oxygens (including phenoxy) is 1. The predicted octanol–water partition coefficient (Wildman–Crippen LogP) is 2.86. The number of hydrogen-bond donors (Lipinski definition) is 1. The van der Waals surface area contributed by atoms with E-state index in [2.05, 4.69) is 4.98 Å². The molecule has 2 heterocycles. The molecular weight excluding hydrogens is 238 g/mol. The van der Waals surface area contributed by atoms with Gasteiger partial charge in [-0.05, 0) is 18.8 Å². The van der Waals surface area contributed by atoms with Crippen LogP contribution in [-0.2, 0) is 4.74 Å². The van der Waals surface area contributed by atoms with Crippen LogP contribution in [0.3, 0.4) is 0 Å². The molecule has 0 bridgehead atoms. The first-order chi connectivity index (χ1) is 8.09. The lowest BCUT2D eigenvalue weighted by atomic mass is 10.0. The summed E-state index contributed by atoms with van der Waals surface area (Å²) in [7, 11) is 0. The highest BCUT2D eigenvalue weighted by molar-refractivity contribution is 7.13. The fraction of sp³-hybridized carbons (Fsp3) is 0.667. The lowest BCUT2D eigenvalue weighted by molar-refractivity contribution is 0.0700. The molecule has 1 N–H and O–H groups in total. The summed E-state index contributed by atoms with van der Waals surface area (Å²) < 4.78 is 5.43. The van der Waals surface area contributed by atoms with Crippen molar-refractivity contribution < 1.29 is 14.6 Å². The summed E-state index contributed by atoms with van der Waals surface area (Å²) in [6.07, 6.45) is 2.08. The normalized spacial score (nSPS) is 20.8. The topological polar surface area (TPSA) is 59.4 Å². The molecule has 17 heavy (non-hydrogen) atoms. The molecule has 1 atom stereocenters. The fourth-order valence-electron chi connectivity index (χ4n) is 2.00. The first kappa shape index (κ1) is 12.5. The van der Waals surface area contributed by atoms with E-state index in [1.54, 1.807) is 0 Å². The summed E-state index contributed by atoms with van der Waals surface area (Å²) in [5.41, 5.74) is 0.711. The van der Waals surface area contributed by atoms with Crippen LogP contribution in [0.15, 0.2) is 0 Å². The molecule has 0 spiro atoms. The van der Waals surface area contributed by atoms with Gasteiger partial charge in [0.05, 0.1) is 17.3 Å². The van der Waals surface area contributed by atoms with E-state index < -0.39 is 5.97 Å². The van der Waals surface area contributed by atoms with Crippen molar-refractivity contribution in [2.24, 2.45) is 0 Å². The van der Waals surface area contributed by atoms with Crippen LogP contribution >= 0.6 is 11.3 Å². The van der Waals surface area contributed by atoms with Gasteiger partial charge in [-0.25, -0.2) is 9.78 Å². The Labute approximate surface area is 105 Å². The molecule has 0 saturated carbocycles. The summed E-state index contributed by atoms with van der Waals surface area (Å²) >= 11 is 1.31. The first-order valence-corrected chi connectivity index (χ1v) is 6.73. The molecule has 94 valence electrons. The lowest BCUT2D eigenvalue weighted by Gasteiger charge is -2.19. The van der Waals surface area contributed by atoms with Crippen LogP contribution in [0.25, 0.3) is 0 Å². The number of aromatic nitrogens is 1. The fourth-order valence-corrected chi connectivity index (χ4v) is 3.18. The van der Waals surface area contributed by atoms with Gasteiger partial charge in [0.15, 0.2) is 0 Å². The highest BCUT2D eigenvalue weighted by Crippen LogP contribution is 2.33. The molecule has 1 saturated heterocycles. The van der Waals surface area contributed by atoms with Gasteiger partial charge in [0, 0.05) is 12.5 Å². The highest BCUT2D eigenvalue weighted by Gasteiger charge is 2.25. The van der Waals surface area contributed by atoms with Crippen molar-refractivity contribution in [1.29, 1.82) is 0 Å². The maximum absolute atomic E-state index is 11.2. The van der Waals surface area contributed by atoms with E-state index in [4.69, 9.17) is 9.84 Å². The average molecular weight is 255 g/mol. The van der Waals surface area contributed by atoms with Crippen molar-refractivity contribution in [2.75, 3.05) is 13.2 Å². The van der Waals surface area contributed by atoms with Crippen molar-refractivity contribution in [1.82, 2.24) is 4.98 Å². The molecule has 1 aliphatic heterocycles. The van der Waals surface area contributed by atoms with Gasteiger partial charge in [-0.2, -0.15) is 0 Å². The quantitative estimate of drug-likeness (QED) is 0.902. The second-order valence-corrected chi connectivity index (χ2v) is 5.67. The number of carboxylic acid groups (broad SMARTS) is 1. The summed E-state index contributed by atoms with van der Waals surface area (Å²) in [6, 6.07) is 0. The van der Waals surface area contributed by atoms with Crippen molar-refractivity contribution >= 4 is 17.3 Å². The number of carboxylic acids is 1. The van der Waals surface area contributed by atoms with Crippen LogP contribution in [-0.4, -0.2) is 29.3 Å². The van der Waals surface area contributed by atoms with Crippen LogP contribution in [0.1, 0.15) is 58.9 Å². The molecule has 0 aliphatic carbocycles. The van der Waals surface area contributed by atoms with Gasteiger partial charge in [0.1, 0.15) is 4.88 Å². The number of hydrogen-bond acceptors (Lipinski definition) is 4. The smallest absolute Gasteiger partial charge is 0.347 e.